The minimum atomic E-state index is -0.603. The highest BCUT2D eigenvalue weighted by molar-refractivity contribution is 6.16. The Balaban J connectivity index is 1.18. The Kier molecular flexibility index (Phi) is 5.40. The molecule has 6 rings (SSSR count). The van der Waals surface area contributed by atoms with E-state index in [1.165, 1.54) is 0 Å². The zero-order valence-corrected chi connectivity index (χ0v) is 19.9. The number of nitrogens with zero attached hydrogens (tertiary/aromatic N) is 3. The number of carbonyl (C=O) groups is 3. The zero-order valence-electron chi connectivity index (χ0n) is 19.9. The molecule has 2 aromatic rings. The van der Waals surface area contributed by atoms with E-state index in [0.29, 0.717) is 55.7 Å². The van der Waals surface area contributed by atoms with Gasteiger partial charge in [0, 0.05) is 43.1 Å². The second kappa shape index (κ2) is 8.48. The van der Waals surface area contributed by atoms with Crippen LogP contribution in [-0.4, -0.2) is 57.9 Å². The van der Waals surface area contributed by atoms with Gasteiger partial charge in [0.05, 0.1) is 16.9 Å². The topological polar surface area (TPSA) is 81.2 Å². The van der Waals surface area contributed by atoms with Gasteiger partial charge in [0.25, 0.3) is 11.8 Å². The number of fused-ring (bicyclic) bond motifs is 6. The van der Waals surface area contributed by atoms with E-state index in [4.69, 9.17) is 0 Å². The third kappa shape index (κ3) is 3.56. The molecule has 7 heteroatoms. The Morgan fingerprint density at radius 2 is 1.74 bits per heavy atom. The maximum absolute atomic E-state index is 13.5. The molecule has 0 radical (unpaired) electrons. The molecule has 1 aliphatic carbocycles. The lowest BCUT2D eigenvalue weighted by atomic mass is 9.71. The number of benzene rings is 2. The normalized spacial score (nSPS) is 27.3. The summed E-state index contributed by atoms with van der Waals surface area (Å²) >= 11 is 0. The monoisotopic (exact) mass is 473 g/mol. The van der Waals surface area contributed by atoms with Crippen molar-refractivity contribution in [2.24, 2.45) is 5.92 Å². The van der Waals surface area contributed by atoms with Crippen molar-refractivity contribution in [3.8, 4) is 0 Å². The number of carbonyl (C=O) groups excluding carboxylic acids is 3. The molecule has 3 atom stereocenters. The van der Waals surface area contributed by atoms with Crippen LogP contribution in [0.2, 0.25) is 0 Å². The van der Waals surface area contributed by atoms with Gasteiger partial charge in [0.15, 0.2) is 0 Å². The van der Waals surface area contributed by atoms with Gasteiger partial charge in [-0.25, -0.2) is 0 Å². The first kappa shape index (κ1) is 22.3. The predicted octanol–water partition coefficient (Wildman–Crippen LogP) is 3.74. The Morgan fingerprint density at radius 1 is 0.971 bits per heavy atom. The summed E-state index contributed by atoms with van der Waals surface area (Å²) in [7, 11) is 0. The largest absolute Gasteiger partial charge is 0.389 e. The van der Waals surface area contributed by atoms with Crippen LogP contribution >= 0.6 is 0 Å². The number of aliphatic hydroxyl groups is 1. The van der Waals surface area contributed by atoms with Crippen molar-refractivity contribution < 1.29 is 19.5 Å². The van der Waals surface area contributed by atoms with Gasteiger partial charge in [-0.3, -0.25) is 19.3 Å². The fourth-order valence-corrected chi connectivity index (χ4v) is 6.56. The molecule has 3 amide bonds. The molecule has 0 bridgehead atoms. The van der Waals surface area contributed by atoms with Gasteiger partial charge < -0.3 is 14.9 Å². The van der Waals surface area contributed by atoms with Crippen LogP contribution in [-0.2, 0) is 4.79 Å². The molecule has 4 aliphatic rings. The van der Waals surface area contributed by atoms with Crippen LogP contribution in [0, 0.1) is 5.92 Å². The summed E-state index contributed by atoms with van der Waals surface area (Å²) in [6, 6.07) is 14.7. The van der Waals surface area contributed by atoms with Gasteiger partial charge in [-0.1, -0.05) is 43.2 Å². The number of amides is 3. The van der Waals surface area contributed by atoms with Gasteiger partial charge in [0.1, 0.15) is 6.17 Å². The Bertz CT molecular complexity index is 1200. The van der Waals surface area contributed by atoms with E-state index in [2.05, 4.69) is 0 Å². The first-order valence-electron chi connectivity index (χ1n) is 12.8. The van der Waals surface area contributed by atoms with E-state index in [1.807, 2.05) is 47.4 Å². The highest BCUT2D eigenvalue weighted by atomic mass is 16.3. The third-order valence-electron chi connectivity index (χ3n) is 8.45. The minimum Gasteiger partial charge on any atom is -0.389 e. The molecular formula is C28H31N3O4. The summed E-state index contributed by atoms with van der Waals surface area (Å²) < 4.78 is 0. The first-order valence-corrected chi connectivity index (χ1v) is 12.8. The average molecular weight is 474 g/mol. The molecule has 1 saturated heterocycles. The summed E-state index contributed by atoms with van der Waals surface area (Å²) in [5.74, 6) is 0.0508. The van der Waals surface area contributed by atoms with Gasteiger partial charge >= 0.3 is 0 Å². The van der Waals surface area contributed by atoms with Crippen LogP contribution in [0.25, 0.3) is 0 Å². The second-order valence-electron chi connectivity index (χ2n) is 10.4. The van der Waals surface area contributed by atoms with Crippen molar-refractivity contribution in [2.45, 2.75) is 56.7 Å². The maximum Gasteiger partial charge on any atom is 0.260 e. The molecule has 2 fully saturated rings. The smallest absolute Gasteiger partial charge is 0.260 e. The summed E-state index contributed by atoms with van der Waals surface area (Å²) in [5.41, 5.74) is 2.01. The SMILES string of the molecule is O=C(CCCN1C(=O)c2ccccc2N2C(=O)c3ccccc3[C@H]12)N1CC[C@]2(O)CCCC[C@H]2C1. The lowest BCUT2D eigenvalue weighted by Crippen LogP contribution is -2.54. The number of piperidine rings is 1. The number of likely N-dealkylation sites (tertiary alicyclic amines) is 1. The van der Waals surface area contributed by atoms with Crippen LogP contribution in [0.4, 0.5) is 5.69 Å². The summed E-state index contributed by atoms with van der Waals surface area (Å²) in [5, 5.41) is 10.9. The van der Waals surface area contributed by atoms with E-state index in [9.17, 15) is 19.5 Å². The van der Waals surface area contributed by atoms with E-state index < -0.39 is 11.8 Å². The van der Waals surface area contributed by atoms with Crippen LogP contribution in [0.1, 0.15) is 77.4 Å². The fourth-order valence-electron chi connectivity index (χ4n) is 6.56. The van der Waals surface area contributed by atoms with E-state index >= 15 is 0 Å². The van der Waals surface area contributed by atoms with Crippen molar-refractivity contribution in [3.63, 3.8) is 0 Å². The summed E-state index contributed by atoms with van der Waals surface area (Å²) in [6.45, 7) is 1.62. The van der Waals surface area contributed by atoms with E-state index in [0.717, 1.165) is 31.2 Å². The molecule has 0 unspecified atom stereocenters. The van der Waals surface area contributed by atoms with E-state index in [1.54, 1.807) is 15.9 Å². The van der Waals surface area contributed by atoms with Gasteiger partial charge in [-0.2, -0.15) is 0 Å². The Hall–Kier alpha value is -3.19. The molecule has 1 saturated carbocycles. The molecule has 182 valence electrons. The quantitative estimate of drug-likeness (QED) is 0.734. The number of hydrogen-bond donors (Lipinski definition) is 1. The molecule has 3 aliphatic heterocycles. The molecule has 1 N–H and O–H groups in total. The number of hydrogen-bond acceptors (Lipinski definition) is 4. The molecule has 2 aromatic carbocycles. The maximum atomic E-state index is 13.5. The highest BCUT2D eigenvalue weighted by Gasteiger charge is 2.47. The molecule has 35 heavy (non-hydrogen) atoms. The molecular weight excluding hydrogens is 442 g/mol. The van der Waals surface area contributed by atoms with Gasteiger partial charge in [-0.05, 0) is 43.9 Å². The number of anilines is 1. The van der Waals surface area contributed by atoms with Crippen molar-refractivity contribution >= 4 is 23.4 Å². The van der Waals surface area contributed by atoms with Crippen LogP contribution in [0.3, 0.4) is 0 Å². The number of para-hydroxylation sites is 1. The summed E-state index contributed by atoms with van der Waals surface area (Å²) in [4.78, 5) is 45.2. The van der Waals surface area contributed by atoms with Crippen LogP contribution in [0.5, 0.6) is 0 Å². The van der Waals surface area contributed by atoms with Gasteiger partial charge in [0.2, 0.25) is 5.91 Å². The predicted molar refractivity (Wildman–Crippen MR) is 131 cm³/mol. The van der Waals surface area contributed by atoms with Crippen molar-refractivity contribution in [3.05, 3.63) is 65.2 Å². The Morgan fingerprint density at radius 3 is 2.60 bits per heavy atom. The van der Waals surface area contributed by atoms with Crippen molar-refractivity contribution in [1.29, 1.82) is 0 Å². The zero-order chi connectivity index (χ0) is 24.2. The van der Waals surface area contributed by atoms with Crippen molar-refractivity contribution in [1.82, 2.24) is 9.80 Å². The minimum absolute atomic E-state index is 0.0854. The first-order chi connectivity index (χ1) is 17.0. The molecule has 7 nitrogen and oxygen atoms in total. The second-order valence-corrected chi connectivity index (χ2v) is 10.4. The summed E-state index contributed by atoms with van der Waals surface area (Å²) in [6.07, 6.45) is 5.05. The average Bonchev–Trinajstić information content (AvgIpc) is 3.18. The standard InChI is InChI=1S/C28H31N3O4/c32-24(29-17-15-28(35)14-6-5-8-19(28)18-29)13-7-16-30-25-20-9-1-2-10-21(20)27(34)31(25)23-12-4-3-11-22(23)26(30)33/h1-4,9-12,19,25,35H,5-8,13-18H2/t19-,25+,28+/m0/s1. The molecule has 3 heterocycles. The molecule has 0 aromatic heterocycles. The fraction of sp³-hybridized carbons (Fsp3) is 0.464. The van der Waals surface area contributed by atoms with Gasteiger partial charge in [-0.15, -0.1) is 0 Å². The van der Waals surface area contributed by atoms with E-state index in [-0.39, 0.29) is 23.6 Å². The van der Waals surface area contributed by atoms with Crippen LogP contribution in [0.15, 0.2) is 48.5 Å². The lowest BCUT2D eigenvalue weighted by molar-refractivity contribution is -0.143. The van der Waals surface area contributed by atoms with Crippen LogP contribution < -0.4 is 4.90 Å². The highest BCUT2D eigenvalue weighted by Crippen LogP contribution is 2.45. The Labute approximate surface area is 205 Å². The third-order valence-corrected chi connectivity index (χ3v) is 8.45. The molecule has 0 spiro atoms. The number of rotatable bonds is 4. The van der Waals surface area contributed by atoms with Crippen molar-refractivity contribution in [2.75, 3.05) is 24.5 Å². The lowest BCUT2D eigenvalue weighted by Gasteiger charge is -2.47.